The predicted molar refractivity (Wildman–Crippen MR) is 72.0 cm³/mol. The lowest BCUT2D eigenvalue weighted by atomic mass is 9.75. The Balaban J connectivity index is 2.29. The van der Waals surface area contributed by atoms with Gasteiger partial charge in [0.25, 0.3) is 0 Å². The van der Waals surface area contributed by atoms with Crippen molar-refractivity contribution in [3.05, 3.63) is 35.4 Å². The van der Waals surface area contributed by atoms with E-state index in [1.54, 1.807) is 0 Å². The second-order valence-corrected chi connectivity index (χ2v) is 5.96. The molecule has 0 spiro atoms. The SMILES string of the molecule is CN1CC(c2ccccc2C(C)(C)CC(=O)O)C1. The predicted octanol–water partition coefficient (Wildman–Crippen LogP) is 2.47. The molecule has 0 saturated carbocycles. The molecule has 1 N–H and O–H groups in total. The first-order chi connectivity index (χ1) is 8.40. The zero-order chi connectivity index (χ0) is 13.3. The average molecular weight is 247 g/mol. The van der Waals surface area contributed by atoms with Crippen molar-refractivity contribution in [1.82, 2.24) is 4.90 Å². The van der Waals surface area contributed by atoms with Crippen molar-refractivity contribution in [3.8, 4) is 0 Å². The zero-order valence-corrected chi connectivity index (χ0v) is 11.3. The molecule has 1 aromatic rings. The summed E-state index contributed by atoms with van der Waals surface area (Å²) in [5.41, 5.74) is 2.20. The molecule has 0 atom stereocenters. The number of carboxylic acid groups (broad SMARTS) is 1. The number of nitrogens with zero attached hydrogens (tertiary/aromatic N) is 1. The van der Waals surface area contributed by atoms with Gasteiger partial charge in [0.05, 0.1) is 6.42 Å². The number of hydrogen-bond donors (Lipinski definition) is 1. The monoisotopic (exact) mass is 247 g/mol. The summed E-state index contributed by atoms with van der Waals surface area (Å²) in [6.45, 7) is 6.17. The smallest absolute Gasteiger partial charge is 0.304 e. The maximum absolute atomic E-state index is 11.0. The van der Waals surface area contributed by atoms with Crippen LogP contribution in [0.25, 0.3) is 0 Å². The number of benzene rings is 1. The van der Waals surface area contributed by atoms with Crippen molar-refractivity contribution < 1.29 is 9.90 Å². The Morgan fingerprint density at radius 2 is 2.00 bits per heavy atom. The van der Waals surface area contributed by atoms with E-state index in [0.29, 0.717) is 5.92 Å². The molecular weight excluding hydrogens is 226 g/mol. The Morgan fingerprint density at radius 3 is 2.56 bits per heavy atom. The summed E-state index contributed by atoms with van der Waals surface area (Å²) >= 11 is 0. The maximum atomic E-state index is 11.0. The molecule has 0 aromatic heterocycles. The average Bonchev–Trinajstić information content (AvgIpc) is 2.23. The van der Waals surface area contributed by atoms with Crippen molar-refractivity contribution in [3.63, 3.8) is 0 Å². The van der Waals surface area contributed by atoms with E-state index in [9.17, 15) is 4.79 Å². The molecule has 0 aliphatic carbocycles. The highest BCUT2D eigenvalue weighted by Crippen LogP contribution is 2.36. The van der Waals surface area contributed by atoms with Crippen LogP contribution in [0.5, 0.6) is 0 Å². The second kappa shape index (κ2) is 4.73. The van der Waals surface area contributed by atoms with Crippen LogP contribution >= 0.6 is 0 Å². The fourth-order valence-corrected chi connectivity index (χ4v) is 2.84. The normalized spacial score (nSPS) is 17.5. The third-order valence-electron chi connectivity index (χ3n) is 3.79. The van der Waals surface area contributed by atoms with Gasteiger partial charge in [-0.15, -0.1) is 0 Å². The number of carboxylic acids is 1. The van der Waals surface area contributed by atoms with Crippen LogP contribution in [0.4, 0.5) is 0 Å². The van der Waals surface area contributed by atoms with Gasteiger partial charge in [0.1, 0.15) is 0 Å². The van der Waals surface area contributed by atoms with Gasteiger partial charge in [0.15, 0.2) is 0 Å². The highest BCUT2D eigenvalue weighted by Gasteiger charge is 2.32. The van der Waals surface area contributed by atoms with Gasteiger partial charge < -0.3 is 10.0 Å². The molecular formula is C15H21NO2. The minimum absolute atomic E-state index is 0.173. The van der Waals surface area contributed by atoms with Gasteiger partial charge in [0, 0.05) is 24.4 Å². The van der Waals surface area contributed by atoms with Gasteiger partial charge >= 0.3 is 5.97 Å². The van der Waals surface area contributed by atoms with Gasteiger partial charge in [-0.25, -0.2) is 0 Å². The van der Waals surface area contributed by atoms with Gasteiger partial charge in [-0.1, -0.05) is 38.1 Å². The third-order valence-corrected chi connectivity index (χ3v) is 3.79. The Labute approximate surface area is 108 Å². The topological polar surface area (TPSA) is 40.5 Å². The lowest BCUT2D eigenvalue weighted by Gasteiger charge is -2.39. The molecule has 0 unspecified atom stereocenters. The Hall–Kier alpha value is -1.35. The van der Waals surface area contributed by atoms with Crippen LogP contribution in [0, 0.1) is 0 Å². The largest absolute Gasteiger partial charge is 0.481 e. The molecule has 0 bridgehead atoms. The molecule has 98 valence electrons. The molecule has 1 saturated heterocycles. The number of likely N-dealkylation sites (tertiary alicyclic amines) is 1. The van der Waals surface area contributed by atoms with Gasteiger partial charge in [0.2, 0.25) is 0 Å². The summed E-state index contributed by atoms with van der Waals surface area (Å²) in [4.78, 5) is 13.3. The summed E-state index contributed by atoms with van der Waals surface area (Å²) in [7, 11) is 2.11. The first-order valence-electron chi connectivity index (χ1n) is 6.40. The lowest BCUT2D eigenvalue weighted by Crippen LogP contribution is -2.42. The van der Waals surface area contributed by atoms with Crippen molar-refractivity contribution in [2.75, 3.05) is 20.1 Å². The second-order valence-electron chi connectivity index (χ2n) is 5.96. The Bertz CT molecular complexity index is 448. The molecule has 1 aliphatic rings. The first kappa shape index (κ1) is 13.1. The van der Waals surface area contributed by atoms with Crippen LogP contribution in [0.3, 0.4) is 0 Å². The van der Waals surface area contributed by atoms with Crippen molar-refractivity contribution >= 4 is 5.97 Å². The number of hydrogen-bond acceptors (Lipinski definition) is 2. The van der Waals surface area contributed by atoms with E-state index in [2.05, 4.69) is 24.1 Å². The van der Waals surface area contributed by atoms with E-state index in [0.717, 1.165) is 13.1 Å². The van der Waals surface area contributed by atoms with Crippen LogP contribution in [0.2, 0.25) is 0 Å². The van der Waals surface area contributed by atoms with E-state index < -0.39 is 5.97 Å². The summed E-state index contributed by atoms with van der Waals surface area (Å²) in [5.74, 6) is -0.181. The number of aliphatic carboxylic acids is 1. The zero-order valence-electron chi connectivity index (χ0n) is 11.3. The van der Waals surface area contributed by atoms with E-state index in [-0.39, 0.29) is 11.8 Å². The van der Waals surface area contributed by atoms with Crippen LogP contribution in [-0.4, -0.2) is 36.1 Å². The first-order valence-corrected chi connectivity index (χ1v) is 6.40. The standard InChI is InChI=1S/C15H21NO2/c1-15(2,8-14(17)18)13-7-5-4-6-12(13)11-9-16(3)10-11/h4-7,11H,8-10H2,1-3H3,(H,17,18). The number of carbonyl (C=O) groups is 1. The molecule has 1 aromatic carbocycles. The molecule has 1 heterocycles. The summed E-state index contributed by atoms with van der Waals surface area (Å²) in [6, 6.07) is 8.28. The Morgan fingerprint density at radius 1 is 1.39 bits per heavy atom. The summed E-state index contributed by atoms with van der Waals surface area (Å²) < 4.78 is 0. The van der Waals surface area contributed by atoms with Gasteiger partial charge in [-0.05, 0) is 18.2 Å². The number of rotatable bonds is 4. The van der Waals surface area contributed by atoms with E-state index in [1.807, 2.05) is 26.0 Å². The van der Waals surface area contributed by atoms with E-state index in [1.165, 1.54) is 11.1 Å². The fraction of sp³-hybridized carbons (Fsp3) is 0.533. The number of likely N-dealkylation sites (N-methyl/N-ethyl adjacent to an activating group) is 1. The van der Waals surface area contributed by atoms with Crippen LogP contribution in [0.1, 0.15) is 37.3 Å². The van der Waals surface area contributed by atoms with Crippen molar-refractivity contribution in [2.45, 2.75) is 31.6 Å². The molecule has 3 heteroatoms. The Kier molecular flexibility index (Phi) is 3.44. The maximum Gasteiger partial charge on any atom is 0.304 e. The van der Waals surface area contributed by atoms with E-state index in [4.69, 9.17) is 5.11 Å². The van der Waals surface area contributed by atoms with Gasteiger partial charge in [-0.3, -0.25) is 4.79 Å². The third kappa shape index (κ3) is 2.56. The molecule has 3 nitrogen and oxygen atoms in total. The van der Waals surface area contributed by atoms with E-state index >= 15 is 0 Å². The van der Waals surface area contributed by atoms with Crippen LogP contribution < -0.4 is 0 Å². The molecule has 1 fully saturated rings. The van der Waals surface area contributed by atoms with Crippen molar-refractivity contribution in [2.24, 2.45) is 0 Å². The summed E-state index contributed by atoms with van der Waals surface area (Å²) in [5, 5.41) is 9.04. The van der Waals surface area contributed by atoms with Crippen LogP contribution in [-0.2, 0) is 10.2 Å². The molecule has 0 radical (unpaired) electrons. The van der Waals surface area contributed by atoms with Crippen molar-refractivity contribution in [1.29, 1.82) is 0 Å². The molecule has 0 amide bonds. The molecule has 2 rings (SSSR count). The molecule has 1 aliphatic heterocycles. The molecule has 18 heavy (non-hydrogen) atoms. The highest BCUT2D eigenvalue weighted by atomic mass is 16.4. The minimum Gasteiger partial charge on any atom is -0.481 e. The van der Waals surface area contributed by atoms with Gasteiger partial charge in [-0.2, -0.15) is 0 Å². The minimum atomic E-state index is -0.736. The highest BCUT2D eigenvalue weighted by molar-refractivity contribution is 5.69. The quantitative estimate of drug-likeness (QED) is 0.888. The van der Waals surface area contributed by atoms with Crippen LogP contribution in [0.15, 0.2) is 24.3 Å². The lowest BCUT2D eigenvalue weighted by molar-refractivity contribution is -0.138. The fourth-order valence-electron chi connectivity index (χ4n) is 2.84. The summed E-state index contributed by atoms with van der Waals surface area (Å²) in [6.07, 6.45) is 0.173.